The highest BCUT2D eigenvalue weighted by atomic mass is 32.2. The zero-order valence-corrected chi connectivity index (χ0v) is 14.9. The Labute approximate surface area is 159 Å². The van der Waals surface area contributed by atoms with Crippen molar-refractivity contribution < 1.29 is 4.79 Å². The number of aromatic amines is 1. The maximum atomic E-state index is 12.1. The molecule has 0 atom stereocenters. The Kier molecular flexibility index (Phi) is 4.93. The van der Waals surface area contributed by atoms with Gasteiger partial charge in [-0.1, -0.05) is 60.3 Å². The minimum absolute atomic E-state index is 0.167. The first-order chi connectivity index (χ1) is 13.3. The number of thioether (sulfide) groups is 1. The molecule has 0 aliphatic heterocycles. The Hall–Kier alpha value is -3.46. The van der Waals surface area contributed by atoms with Crippen LogP contribution in [0.5, 0.6) is 0 Å². The Balaban J connectivity index is 1.61. The summed E-state index contributed by atoms with van der Waals surface area (Å²) in [5.74, 6) is 0.996. The molecule has 2 heterocycles. The van der Waals surface area contributed by atoms with Gasteiger partial charge in [0, 0.05) is 11.3 Å². The van der Waals surface area contributed by atoms with Crippen molar-refractivity contribution in [1.29, 1.82) is 0 Å². The van der Waals surface area contributed by atoms with E-state index in [1.165, 1.54) is 18.1 Å². The lowest BCUT2D eigenvalue weighted by Crippen LogP contribution is -2.15. The van der Waals surface area contributed by atoms with Crippen LogP contribution in [0.25, 0.3) is 17.1 Å². The van der Waals surface area contributed by atoms with Crippen molar-refractivity contribution in [3.63, 3.8) is 0 Å². The van der Waals surface area contributed by atoms with Crippen LogP contribution in [0, 0.1) is 0 Å². The van der Waals surface area contributed by atoms with E-state index in [0.717, 1.165) is 17.1 Å². The summed E-state index contributed by atoms with van der Waals surface area (Å²) >= 11 is 1.30. The number of H-pyrrole nitrogens is 1. The molecule has 0 bridgehead atoms. The van der Waals surface area contributed by atoms with Crippen LogP contribution < -0.4 is 5.32 Å². The molecule has 0 spiro atoms. The van der Waals surface area contributed by atoms with Crippen molar-refractivity contribution in [2.24, 2.45) is 0 Å². The van der Waals surface area contributed by atoms with E-state index in [1.54, 1.807) is 0 Å². The largest absolute Gasteiger partial charge is 0.294 e. The van der Waals surface area contributed by atoms with Crippen molar-refractivity contribution in [2.45, 2.75) is 5.16 Å². The molecule has 0 radical (unpaired) electrons. The highest BCUT2D eigenvalue weighted by Gasteiger charge is 2.17. The molecule has 0 aliphatic rings. The van der Waals surface area contributed by atoms with Crippen LogP contribution in [-0.4, -0.2) is 41.6 Å². The fourth-order valence-electron chi connectivity index (χ4n) is 2.51. The molecule has 2 N–H and O–H groups in total. The molecule has 0 aliphatic carbocycles. The van der Waals surface area contributed by atoms with Crippen LogP contribution in [0.2, 0.25) is 0 Å². The van der Waals surface area contributed by atoms with Gasteiger partial charge in [-0.25, -0.2) is 5.10 Å². The molecule has 134 valence electrons. The summed E-state index contributed by atoms with van der Waals surface area (Å²) in [5, 5.41) is 18.2. The fraction of sp³-hybridized carbons (Fsp3) is 0.0556. The van der Waals surface area contributed by atoms with Crippen LogP contribution in [0.15, 0.2) is 72.1 Å². The van der Waals surface area contributed by atoms with Gasteiger partial charge in [0.15, 0.2) is 11.0 Å². The zero-order valence-electron chi connectivity index (χ0n) is 14.1. The Bertz CT molecular complexity index is 1020. The van der Waals surface area contributed by atoms with E-state index in [-0.39, 0.29) is 11.7 Å². The molecule has 4 aromatic rings. The summed E-state index contributed by atoms with van der Waals surface area (Å²) < 4.78 is 1.95. The van der Waals surface area contributed by atoms with E-state index in [1.807, 2.05) is 65.2 Å². The average molecular weight is 377 g/mol. The molecule has 9 heteroatoms. The first-order valence-corrected chi connectivity index (χ1v) is 9.14. The van der Waals surface area contributed by atoms with Gasteiger partial charge in [-0.3, -0.25) is 14.7 Å². The number of amides is 1. The fourth-order valence-corrected chi connectivity index (χ4v) is 3.26. The Morgan fingerprint density at radius 1 is 1.04 bits per heavy atom. The van der Waals surface area contributed by atoms with E-state index in [9.17, 15) is 4.79 Å². The third-order valence-corrected chi connectivity index (χ3v) is 4.61. The van der Waals surface area contributed by atoms with Gasteiger partial charge < -0.3 is 0 Å². The molecular formula is C18H15N7OS. The van der Waals surface area contributed by atoms with E-state index >= 15 is 0 Å². The second-order valence-corrected chi connectivity index (χ2v) is 6.46. The first kappa shape index (κ1) is 17.0. The van der Waals surface area contributed by atoms with Crippen LogP contribution in [0.4, 0.5) is 5.95 Å². The molecule has 0 fully saturated rings. The van der Waals surface area contributed by atoms with Crippen LogP contribution in [-0.2, 0) is 4.79 Å². The minimum Gasteiger partial charge on any atom is -0.294 e. The molecule has 8 nitrogen and oxygen atoms in total. The number of para-hydroxylation sites is 1. The van der Waals surface area contributed by atoms with E-state index in [0.29, 0.717) is 11.1 Å². The number of aromatic nitrogens is 6. The number of benzene rings is 2. The molecule has 27 heavy (non-hydrogen) atoms. The molecule has 1 amide bonds. The summed E-state index contributed by atoms with van der Waals surface area (Å²) in [6.45, 7) is 0. The Morgan fingerprint density at radius 2 is 1.78 bits per heavy atom. The second-order valence-electron chi connectivity index (χ2n) is 5.51. The number of hydrogen-bond donors (Lipinski definition) is 2. The normalized spacial score (nSPS) is 10.7. The number of carbonyl (C=O) groups excluding carboxylic acids is 1. The van der Waals surface area contributed by atoms with Crippen molar-refractivity contribution in [3.05, 3.63) is 67.0 Å². The lowest BCUT2D eigenvalue weighted by molar-refractivity contribution is -0.113. The van der Waals surface area contributed by atoms with E-state index < -0.39 is 0 Å². The van der Waals surface area contributed by atoms with Gasteiger partial charge >= 0.3 is 0 Å². The number of hydrogen-bond acceptors (Lipinski definition) is 6. The van der Waals surface area contributed by atoms with E-state index in [4.69, 9.17) is 0 Å². The number of nitrogens with zero attached hydrogens (tertiary/aromatic N) is 5. The standard InChI is InChI=1S/C18H15N7OS/c26-15(21-17-19-12-20-23-17)11-27-18-24-22-16(13-7-3-1-4-8-13)25(18)14-9-5-2-6-10-14/h1-10,12H,11H2,(H2,19,20,21,23,26). The maximum Gasteiger partial charge on any atom is 0.237 e. The van der Waals surface area contributed by atoms with Crippen molar-refractivity contribution in [3.8, 4) is 17.1 Å². The molecule has 0 saturated heterocycles. The topological polar surface area (TPSA) is 101 Å². The minimum atomic E-state index is -0.208. The van der Waals surface area contributed by atoms with Crippen LogP contribution in [0.1, 0.15) is 0 Å². The number of rotatable bonds is 6. The first-order valence-electron chi connectivity index (χ1n) is 8.15. The second kappa shape index (κ2) is 7.83. The quantitative estimate of drug-likeness (QED) is 0.501. The molecule has 4 rings (SSSR count). The monoisotopic (exact) mass is 377 g/mol. The van der Waals surface area contributed by atoms with Gasteiger partial charge in [-0.05, 0) is 12.1 Å². The summed E-state index contributed by atoms with van der Waals surface area (Å²) in [5.41, 5.74) is 1.88. The average Bonchev–Trinajstić information content (AvgIpc) is 3.37. The smallest absolute Gasteiger partial charge is 0.237 e. The zero-order chi connectivity index (χ0) is 18.5. The molecule has 2 aromatic heterocycles. The third kappa shape index (κ3) is 3.87. The lowest BCUT2D eigenvalue weighted by Gasteiger charge is -2.10. The Morgan fingerprint density at radius 3 is 2.48 bits per heavy atom. The number of carbonyl (C=O) groups is 1. The highest BCUT2D eigenvalue weighted by molar-refractivity contribution is 7.99. The van der Waals surface area contributed by atoms with Gasteiger partial charge in [-0.2, -0.15) is 10.1 Å². The summed E-state index contributed by atoms with van der Waals surface area (Å²) in [7, 11) is 0. The molecular weight excluding hydrogens is 362 g/mol. The van der Waals surface area contributed by atoms with Crippen LogP contribution >= 0.6 is 11.8 Å². The van der Waals surface area contributed by atoms with Crippen molar-refractivity contribution in [1.82, 2.24) is 29.9 Å². The lowest BCUT2D eigenvalue weighted by atomic mass is 10.2. The molecule has 0 saturated carbocycles. The van der Waals surface area contributed by atoms with Crippen molar-refractivity contribution in [2.75, 3.05) is 11.1 Å². The highest BCUT2D eigenvalue weighted by Crippen LogP contribution is 2.27. The van der Waals surface area contributed by atoms with Crippen LogP contribution in [0.3, 0.4) is 0 Å². The van der Waals surface area contributed by atoms with Gasteiger partial charge in [0.05, 0.1) is 5.75 Å². The van der Waals surface area contributed by atoms with Crippen molar-refractivity contribution >= 4 is 23.6 Å². The summed E-state index contributed by atoms with van der Waals surface area (Å²) in [6, 6.07) is 19.6. The number of nitrogens with one attached hydrogen (secondary N) is 2. The maximum absolute atomic E-state index is 12.1. The molecule has 0 unspecified atom stereocenters. The van der Waals surface area contributed by atoms with E-state index in [2.05, 4.69) is 30.7 Å². The summed E-state index contributed by atoms with van der Waals surface area (Å²) in [6.07, 6.45) is 1.33. The third-order valence-electron chi connectivity index (χ3n) is 3.68. The van der Waals surface area contributed by atoms with Gasteiger partial charge in [-0.15, -0.1) is 10.2 Å². The van der Waals surface area contributed by atoms with Gasteiger partial charge in [0.2, 0.25) is 11.9 Å². The number of anilines is 1. The van der Waals surface area contributed by atoms with Gasteiger partial charge in [0.25, 0.3) is 0 Å². The predicted molar refractivity (Wildman–Crippen MR) is 103 cm³/mol. The summed E-state index contributed by atoms with van der Waals surface area (Å²) in [4.78, 5) is 16.0. The SMILES string of the molecule is O=C(CSc1nnc(-c2ccccc2)n1-c1ccccc1)Nc1ncn[nH]1. The predicted octanol–water partition coefficient (Wildman–Crippen LogP) is 2.78. The molecule has 2 aromatic carbocycles. The van der Waals surface area contributed by atoms with Gasteiger partial charge in [0.1, 0.15) is 6.33 Å².